The minimum atomic E-state index is -4.67. The molecule has 0 heterocycles. The van der Waals surface area contributed by atoms with E-state index in [-0.39, 0.29) is 23.7 Å². The lowest BCUT2D eigenvalue weighted by molar-refractivity contribution is -0.119. The zero-order chi connectivity index (χ0) is 30.4. The molecule has 2 amide bonds. The average Bonchev–Trinajstić information content (AvgIpc) is 2.79. The molecule has 0 aromatic carbocycles. The highest BCUT2D eigenvalue weighted by Crippen LogP contribution is 2.10. The molecule has 15 heteroatoms. The van der Waals surface area contributed by atoms with Crippen molar-refractivity contribution in [2.24, 2.45) is 44.4 Å². The Balaban J connectivity index is -0.000000566. The summed E-state index contributed by atoms with van der Waals surface area (Å²) in [5.74, 6) is -0.0200. The van der Waals surface area contributed by atoms with Gasteiger partial charge in [-0.1, -0.05) is 77.0 Å². The highest BCUT2D eigenvalue weighted by Gasteiger charge is 1.96. The molecule has 0 aliphatic rings. The lowest BCUT2D eigenvalue weighted by atomic mass is 10.1. The number of aliphatic imine (C=N–C) groups is 2. The van der Waals surface area contributed by atoms with Crippen molar-refractivity contribution in [1.82, 2.24) is 0 Å². The van der Waals surface area contributed by atoms with Gasteiger partial charge in [0.05, 0.1) is 0 Å². The van der Waals surface area contributed by atoms with Crippen LogP contribution in [0.25, 0.3) is 0 Å². The van der Waals surface area contributed by atoms with Crippen LogP contribution in [0.15, 0.2) is 9.98 Å². The van der Waals surface area contributed by atoms with Gasteiger partial charge in [0.1, 0.15) is 0 Å². The molecule has 0 aromatic rings. The molecule has 0 rings (SSSR count). The molecular formula is C24H54N8O6S. The summed E-state index contributed by atoms with van der Waals surface area (Å²) in [5, 5.41) is 0. The zero-order valence-electron chi connectivity index (χ0n) is 23.4. The van der Waals surface area contributed by atoms with Crippen molar-refractivity contribution >= 4 is 34.1 Å². The summed E-state index contributed by atoms with van der Waals surface area (Å²) in [6, 6.07) is 0. The second-order valence-electron chi connectivity index (χ2n) is 9.15. The van der Waals surface area contributed by atoms with Crippen LogP contribution in [0.5, 0.6) is 0 Å². The minimum Gasteiger partial charge on any atom is -0.370 e. The van der Waals surface area contributed by atoms with Crippen molar-refractivity contribution in [2.75, 3.05) is 13.1 Å². The van der Waals surface area contributed by atoms with Gasteiger partial charge in [0.2, 0.25) is 11.8 Å². The van der Waals surface area contributed by atoms with Crippen molar-refractivity contribution < 1.29 is 27.1 Å². The number of hydrogen-bond donors (Lipinski definition) is 8. The fourth-order valence-electron chi connectivity index (χ4n) is 3.36. The molecule has 0 radical (unpaired) electrons. The number of nitrogens with two attached hydrogens (primary N) is 6. The van der Waals surface area contributed by atoms with Crippen LogP contribution in [0.3, 0.4) is 0 Å². The van der Waals surface area contributed by atoms with Crippen LogP contribution < -0.4 is 34.4 Å². The Kier molecular flexibility index (Phi) is 31.3. The lowest BCUT2D eigenvalue weighted by Gasteiger charge is -2.01. The number of nitrogens with zero attached hydrogens (tertiary/aromatic N) is 2. The summed E-state index contributed by atoms with van der Waals surface area (Å²) in [4.78, 5) is 28.8. The van der Waals surface area contributed by atoms with E-state index in [1.165, 1.54) is 64.2 Å². The summed E-state index contributed by atoms with van der Waals surface area (Å²) in [6.45, 7) is 1.47. The Morgan fingerprint density at radius 3 is 0.872 bits per heavy atom. The molecule has 0 fully saturated rings. The second-order valence-corrected chi connectivity index (χ2v) is 10.0. The van der Waals surface area contributed by atoms with Crippen LogP contribution in [0.1, 0.15) is 116 Å². The Morgan fingerprint density at radius 2 is 0.667 bits per heavy atom. The van der Waals surface area contributed by atoms with Gasteiger partial charge < -0.3 is 34.4 Å². The fourth-order valence-corrected chi connectivity index (χ4v) is 3.36. The Morgan fingerprint density at radius 1 is 0.462 bits per heavy atom. The maximum absolute atomic E-state index is 10.5. The number of carbonyl (C=O) groups is 2. The lowest BCUT2D eigenvalue weighted by Crippen LogP contribution is -2.22. The third-order valence-electron chi connectivity index (χ3n) is 5.25. The first-order chi connectivity index (χ1) is 18.3. The first kappa shape index (κ1) is 40.8. The van der Waals surface area contributed by atoms with Crippen LogP contribution in [-0.2, 0) is 20.0 Å². The van der Waals surface area contributed by atoms with E-state index in [0.29, 0.717) is 12.8 Å². The Bertz CT molecular complexity index is 700. The number of primary amides is 2. The number of amides is 2. The number of rotatable bonds is 22. The highest BCUT2D eigenvalue weighted by atomic mass is 32.3. The predicted octanol–water partition coefficient (Wildman–Crippen LogP) is 1.86. The molecule has 0 bridgehead atoms. The van der Waals surface area contributed by atoms with E-state index in [1.54, 1.807) is 0 Å². The topological polar surface area (TPSA) is 290 Å². The van der Waals surface area contributed by atoms with Gasteiger partial charge in [0.15, 0.2) is 11.9 Å². The molecule has 0 aromatic heterocycles. The van der Waals surface area contributed by atoms with E-state index in [9.17, 15) is 9.59 Å². The molecule has 232 valence electrons. The number of unbranched alkanes of at least 4 members (excludes halogenated alkanes) is 14. The smallest absolute Gasteiger partial charge is 0.370 e. The van der Waals surface area contributed by atoms with Crippen molar-refractivity contribution in [3.63, 3.8) is 0 Å². The number of hydrogen-bond acceptors (Lipinski definition) is 6. The molecule has 0 unspecified atom stereocenters. The molecule has 0 saturated heterocycles. The van der Waals surface area contributed by atoms with E-state index in [1.807, 2.05) is 0 Å². The number of guanidine groups is 2. The zero-order valence-corrected chi connectivity index (χ0v) is 24.3. The van der Waals surface area contributed by atoms with E-state index in [0.717, 1.165) is 51.6 Å². The molecule has 14 N–H and O–H groups in total. The third-order valence-corrected chi connectivity index (χ3v) is 5.25. The van der Waals surface area contributed by atoms with E-state index in [2.05, 4.69) is 9.98 Å². The van der Waals surface area contributed by atoms with Gasteiger partial charge >= 0.3 is 10.4 Å². The molecule has 0 atom stereocenters. The largest absolute Gasteiger partial charge is 0.394 e. The standard InChI is InChI=1S/2C12H26N4O.H2O4S/c2*13-11(17)9-7-5-3-1-2-4-6-8-10-16-12(14)15;1-5(2,3)4/h2*1-10H2,(H2,13,17)(H4,14,15,16);(H2,1,2,3,4). The Labute approximate surface area is 234 Å². The van der Waals surface area contributed by atoms with Crippen LogP contribution in [-0.4, -0.2) is 54.3 Å². The highest BCUT2D eigenvalue weighted by molar-refractivity contribution is 7.79. The molecular weight excluding hydrogens is 528 g/mol. The summed E-state index contributed by atoms with van der Waals surface area (Å²) < 4.78 is 31.6. The summed E-state index contributed by atoms with van der Waals surface area (Å²) in [7, 11) is -4.67. The molecule has 0 aliphatic carbocycles. The van der Waals surface area contributed by atoms with Gasteiger partial charge in [-0.3, -0.25) is 28.7 Å². The van der Waals surface area contributed by atoms with Gasteiger partial charge in [-0.05, 0) is 25.7 Å². The maximum Gasteiger partial charge on any atom is 0.394 e. The van der Waals surface area contributed by atoms with Crippen molar-refractivity contribution in [2.45, 2.75) is 116 Å². The van der Waals surface area contributed by atoms with E-state index >= 15 is 0 Å². The van der Waals surface area contributed by atoms with Crippen LogP contribution in [0.4, 0.5) is 0 Å². The van der Waals surface area contributed by atoms with Crippen LogP contribution in [0.2, 0.25) is 0 Å². The van der Waals surface area contributed by atoms with Crippen molar-refractivity contribution in [3.8, 4) is 0 Å². The SMILES string of the molecule is NC(=O)CCCCCCCCCCN=C(N)N.NC(=O)CCCCCCCCCCN=C(N)N.O=S(=O)(O)O. The van der Waals surface area contributed by atoms with Crippen molar-refractivity contribution in [3.05, 3.63) is 0 Å². The van der Waals surface area contributed by atoms with Gasteiger partial charge in [-0.15, -0.1) is 0 Å². The van der Waals surface area contributed by atoms with Gasteiger partial charge in [-0.25, -0.2) is 0 Å². The molecule has 39 heavy (non-hydrogen) atoms. The van der Waals surface area contributed by atoms with Crippen LogP contribution >= 0.6 is 0 Å². The average molecular weight is 583 g/mol. The normalized spacial score (nSPS) is 10.3. The van der Waals surface area contributed by atoms with Gasteiger partial charge in [-0.2, -0.15) is 8.42 Å². The molecule has 0 spiro atoms. The van der Waals surface area contributed by atoms with E-state index in [4.69, 9.17) is 51.9 Å². The fraction of sp³-hybridized carbons (Fsp3) is 0.833. The van der Waals surface area contributed by atoms with Crippen molar-refractivity contribution in [1.29, 1.82) is 0 Å². The van der Waals surface area contributed by atoms with Gasteiger partial charge in [0.25, 0.3) is 0 Å². The minimum absolute atomic E-state index is 0.180. The second kappa shape index (κ2) is 29.9. The molecule has 0 aliphatic heterocycles. The monoisotopic (exact) mass is 582 g/mol. The summed E-state index contributed by atoms with van der Waals surface area (Å²) >= 11 is 0. The summed E-state index contributed by atoms with van der Waals surface area (Å²) in [6.07, 6.45) is 19.4. The summed E-state index contributed by atoms with van der Waals surface area (Å²) in [5.41, 5.74) is 31.0. The first-order valence-corrected chi connectivity index (χ1v) is 15.0. The van der Waals surface area contributed by atoms with Crippen LogP contribution in [0, 0.1) is 0 Å². The Hall–Kier alpha value is -2.65. The predicted molar refractivity (Wildman–Crippen MR) is 157 cm³/mol. The quantitative estimate of drug-likeness (QED) is 0.0396. The van der Waals surface area contributed by atoms with E-state index < -0.39 is 10.4 Å². The molecule has 14 nitrogen and oxygen atoms in total. The third kappa shape index (κ3) is 61.2. The maximum atomic E-state index is 10.5. The first-order valence-electron chi connectivity index (χ1n) is 13.6. The van der Waals surface area contributed by atoms with Gasteiger partial charge in [0, 0.05) is 25.9 Å². The number of carbonyl (C=O) groups excluding carboxylic acids is 2. The molecule has 0 saturated carbocycles.